The number of allylic oxidation sites excluding steroid dienone is 2. The highest BCUT2D eigenvalue weighted by molar-refractivity contribution is 6.30. The van der Waals surface area contributed by atoms with Gasteiger partial charge in [0.25, 0.3) is 0 Å². The van der Waals surface area contributed by atoms with Gasteiger partial charge < -0.3 is 5.32 Å². The lowest BCUT2D eigenvalue weighted by atomic mass is 9.78. The number of rotatable bonds is 2. The van der Waals surface area contributed by atoms with E-state index in [4.69, 9.17) is 11.6 Å². The number of nitrogens with one attached hydrogen (secondary N) is 1. The minimum Gasteiger partial charge on any atom is -0.328 e. The number of carbonyl (C=O) groups excluding carboxylic acids is 1. The first-order valence-corrected chi connectivity index (χ1v) is 9.51. The van der Waals surface area contributed by atoms with Crippen LogP contribution in [0.1, 0.15) is 35.9 Å². The van der Waals surface area contributed by atoms with E-state index < -0.39 is 17.7 Å². The largest absolute Gasteiger partial charge is 0.328 e. The van der Waals surface area contributed by atoms with E-state index in [2.05, 4.69) is 15.4 Å². The Hall–Kier alpha value is -3.06. The van der Waals surface area contributed by atoms with Gasteiger partial charge in [0.15, 0.2) is 5.78 Å². The molecule has 2 atom stereocenters. The van der Waals surface area contributed by atoms with Crippen molar-refractivity contribution in [1.82, 2.24) is 14.8 Å². The van der Waals surface area contributed by atoms with Gasteiger partial charge in [-0.15, -0.1) is 0 Å². The first-order valence-electron chi connectivity index (χ1n) is 9.14. The van der Waals surface area contributed by atoms with Gasteiger partial charge in [-0.1, -0.05) is 23.7 Å². The molecule has 1 N–H and O–H groups in total. The molecule has 0 saturated carbocycles. The molecule has 2 heterocycles. The summed E-state index contributed by atoms with van der Waals surface area (Å²) in [5.74, 6) is -1.09. The van der Waals surface area contributed by atoms with Crippen molar-refractivity contribution < 1.29 is 13.6 Å². The minimum absolute atomic E-state index is 0.0228. The monoisotopic (exact) mass is 412 g/mol. The Kier molecular flexibility index (Phi) is 4.20. The van der Waals surface area contributed by atoms with Crippen LogP contribution < -0.4 is 5.32 Å². The summed E-state index contributed by atoms with van der Waals surface area (Å²) in [5.41, 5.74) is 2.51. The summed E-state index contributed by atoms with van der Waals surface area (Å²) in [6.45, 7) is 0. The molecule has 8 heteroatoms. The van der Waals surface area contributed by atoms with Gasteiger partial charge in [-0.05, 0) is 47.7 Å². The second-order valence-corrected chi connectivity index (χ2v) is 7.67. The summed E-state index contributed by atoms with van der Waals surface area (Å²) in [5, 5.41) is 8.00. The standard InChI is InChI=1S/C21H15ClF2N4O/c22-14-3-1-11(2-4-14)12-7-17-19(18(29)8-12)20(28-21(27-17)25-10-26-28)13-5-15(23)9-16(24)6-13/h1-6,9-10,12,20H,7-8H2,(H,25,26,27)/t12-,20-/m1/s1. The number of nitrogens with zero attached hydrogens (tertiary/aromatic N) is 3. The van der Waals surface area contributed by atoms with Crippen molar-refractivity contribution in [3.63, 3.8) is 0 Å². The van der Waals surface area contributed by atoms with E-state index in [9.17, 15) is 13.6 Å². The molecule has 1 aliphatic heterocycles. The second kappa shape index (κ2) is 6.77. The van der Waals surface area contributed by atoms with E-state index in [1.807, 2.05) is 12.1 Å². The van der Waals surface area contributed by atoms with Crippen molar-refractivity contribution in [2.75, 3.05) is 5.32 Å². The number of hydrogen-bond donors (Lipinski definition) is 1. The summed E-state index contributed by atoms with van der Waals surface area (Å²) >= 11 is 5.98. The lowest BCUT2D eigenvalue weighted by molar-refractivity contribution is -0.116. The number of carbonyl (C=O) groups is 1. The van der Waals surface area contributed by atoms with E-state index in [-0.39, 0.29) is 11.7 Å². The van der Waals surface area contributed by atoms with E-state index in [1.54, 1.807) is 12.1 Å². The van der Waals surface area contributed by atoms with Crippen LogP contribution in [0.3, 0.4) is 0 Å². The summed E-state index contributed by atoms with van der Waals surface area (Å²) in [6.07, 6.45) is 2.22. The van der Waals surface area contributed by atoms with Crippen LogP contribution in [0, 0.1) is 11.6 Å². The fourth-order valence-electron chi connectivity index (χ4n) is 4.16. The number of halogens is 3. The number of fused-ring (bicyclic) bond motifs is 1. The number of benzene rings is 2. The third kappa shape index (κ3) is 3.11. The second-order valence-electron chi connectivity index (χ2n) is 7.23. The van der Waals surface area contributed by atoms with Crippen LogP contribution in [0.4, 0.5) is 14.7 Å². The number of Topliss-reactive ketones (excluding diaryl/α,β-unsaturated/α-hetero) is 1. The zero-order chi connectivity index (χ0) is 20.1. The highest BCUT2D eigenvalue weighted by Crippen LogP contribution is 2.44. The van der Waals surface area contributed by atoms with Crippen molar-refractivity contribution >= 4 is 23.3 Å². The number of ketones is 1. The van der Waals surface area contributed by atoms with Gasteiger partial charge >= 0.3 is 0 Å². The molecular formula is C21H15ClF2N4O. The molecule has 0 saturated heterocycles. The number of aromatic nitrogens is 3. The van der Waals surface area contributed by atoms with Crippen molar-refractivity contribution in [2.45, 2.75) is 24.8 Å². The quantitative estimate of drug-likeness (QED) is 0.667. The van der Waals surface area contributed by atoms with Gasteiger partial charge in [-0.25, -0.2) is 13.5 Å². The summed E-state index contributed by atoms with van der Waals surface area (Å²) < 4.78 is 29.3. The maximum atomic E-state index is 13.9. The fraction of sp³-hybridized carbons (Fsp3) is 0.190. The molecule has 2 aliphatic rings. The first kappa shape index (κ1) is 18.0. The van der Waals surface area contributed by atoms with E-state index >= 15 is 0 Å². The third-order valence-corrected chi connectivity index (χ3v) is 5.66. The lowest BCUT2D eigenvalue weighted by Crippen LogP contribution is -2.33. The molecule has 0 fully saturated rings. The highest BCUT2D eigenvalue weighted by atomic mass is 35.5. The first-order chi connectivity index (χ1) is 14.0. The molecule has 1 aromatic heterocycles. The Labute approximate surface area is 170 Å². The van der Waals surface area contributed by atoms with Gasteiger partial charge in [0.05, 0.1) is 0 Å². The predicted molar refractivity (Wildman–Crippen MR) is 104 cm³/mol. The molecule has 0 spiro atoms. The normalized spacial score (nSPS) is 20.9. The van der Waals surface area contributed by atoms with Gasteiger partial charge in [-0.3, -0.25) is 4.79 Å². The van der Waals surface area contributed by atoms with Crippen LogP contribution >= 0.6 is 11.6 Å². The zero-order valence-electron chi connectivity index (χ0n) is 15.1. The van der Waals surface area contributed by atoms with Crippen LogP contribution in [0.2, 0.25) is 5.02 Å². The van der Waals surface area contributed by atoms with Gasteiger partial charge in [0, 0.05) is 28.8 Å². The van der Waals surface area contributed by atoms with Crippen LogP contribution in [0.25, 0.3) is 0 Å². The Bertz CT molecular complexity index is 1140. The van der Waals surface area contributed by atoms with Gasteiger partial charge in [0.1, 0.15) is 24.0 Å². The van der Waals surface area contributed by atoms with Crippen molar-refractivity contribution in [3.8, 4) is 0 Å². The van der Waals surface area contributed by atoms with Crippen molar-refractivity contribution in [1.29, 1.82) is 0 Å². The molecule has 29 heavy (non-hydrogen) atoms. The zero-order valence-corrected chi connectivity index (χ0v) is 15.8. The molecule has 0 bridgehead atoms. The third-order valence-electron chi connectivity index (χ3n) is 5.40. The molecule has 5 nitrogen and oxygen atoms in total. The molecular weight excluding hydrogens is 398 g/mol. The van der Waals surface area contributed by atoms with Crippen LogP contribution in [-0.2, 0) is 4.79 Å². The summed E-state index contributed by atoms with van der Waals surface area (Å²) in [7, 11) is 0. The average molecular weight is 413 g/mol. The topological polar surface area (TPSA) is 59.8 Å². The SMILES string of the molecule is O=C1C[C@H](c2ccc(Cl)cc2)CC2=C1[C@@H](c1cc(F)cc(F)c1)n1ncnc1N2. The molecule has 1 aliphatic carbocycles. The Morgan fingerprint density at radius 2 is 1.76 bits per heavy atom. The summed E-state index contributed by atoms with van der Waals surface area (Å²) in [6, 6.07) is 9.96. The predicted octanol–water partition coefficient (Wildman–Crippen LogP) is 4.63. The maximum absolute atomic E-state index is 13.9. The Balaban J connectivity index is 1.61. The van der Waals surface area contributed by atoms with Gasteiger partial charge in [0.2, 0.25) is 5.95 Å². The average Bonchev–Trinajstić information content (AvgIpc) is 3.14. The molecule has 3 aromatic rings. The lowest BCUT2D eigenvalue weighted by Gasteiger charge is -2.35. The Morgan fingerprint density at radius 1 is 1.03 bits per heavy atom. The fourth-order valence-corrected chi connectivity index (χ4v) is 4.29. The summed E-state index contributed by atoms with van der Waals surface area (Å²) in [4.78, 5) is 17.4. The molecule has 2 aromatic carbocycles. The number of hydrogen-bond acceptors (Lipinski definition) is 4. The maximum Gasteiger partial charge on any atom is 0.226 e. The van der Waals surface area contributed by atoms with E-state index in [0.717, 1.165) is 11.6 Å². The molecule has 0 radical (unpaired) electrons. The van der Waals surface area contributed by atoms with Gasteiger partial charge in [-0.2, -0.15) is 10.1 Å². The van der Waals surface area contributed by atoms with Crippen LogP contribution in [0.5, 0.6) is 0 Å². The Morgan fingerprint density at radius 3 is 2.48 bits per heavy atom. The van der Waals surface area contributed by atoms with Crippen molar-refractivity contribution in [3.05, 3.63) is 87.8 Å². The molecule has 0 unspecified atom stereocenters. The molecule has 0 amide bonds. The molecule has 146 valence electrons. The van der Waals surface area contributed by atoms with E-state index in [1.165, 1.54) is 23.1 Å². The molecule has 5 rings (SSSR count). The van der Waals surface area contributed by atoms with Crippen LogP contribution in [0.15, 0.2) is 60.1 Å². The highest BCUT2D eigenvalue weighted by Gasteiger charge is 2.39. The number of anilines is 1. The minimum atomic E-state index is -0.729. The smallest absolute Gasteiger partial charge is 0.226 e. The van der Waals surface area contributed by atoms with Crippen molar-refractivity contribution in [2.24, 2.45) is 0 Å². The van der Waals surface area contributed by atoms with Crippen LogP contribution in [-0.4, -0.2) is 20.5 Å². The van der Waals surface area contributed by atoms with E-state index in [0.29, 0.717) is 40.6 Å².